The van der Waals surface area contributed by atoms with Gasteiger partial charge in [0, 0.05) is 13.2 Å². The summed E-state index contributed by atoms with van der Waals surface area (Å²) in [7, 11) is 0. The summed E-state index contributed by atoms with van der Waals surface area (Å²) in [6, 6.07) is 0. The molecule has 3 fully saturated rings. The second-order valence-corrected chi connectivity index (χ2v) is 10.7. The van der Waals surface area contributed by atoms with E-state index < -0.39 is 0 Å². The predicted octanol–water partition coefficient (Wildman–Crippen LogP) is 7.40. The second kappa shape index (κ2) is 10.8. The largest absolute Gasteiger partial charge is 0.381 e. The molecule has 3 rings (SSSR count). The molecule has 2 unspecified atom stereocenters. The molecule has 0 bridgehead atoms. The fraction of sp³-hybridized carbons (Fsp3) is 1.00. The van der Waals surface area contributed by atoms with Gasteiger partial charge in [-0.2, -0.15) is 0 Å². The summed E-state index contributed by atoms with van der Waals surface area (Å²) < 4.78 is 12.5. The molecule has 0 spiro atoms. The van der Waals surface area contributed by atoms with E-state index in [1.165, 1.54) is 89.9 Å². The van der Waals surface area contributed by atoms with Crippen LogP contribution >= 0.6 is 0 Å². The summed E-state index contributed by atoms with van der Waals surface area (Å²) in [5.41, 5.74) is 0.916. The first-order valence-corrected chi connectivity index (χ1v) is 12.8. The van der Waals surface area contributed by atoms with Crippen LogP contribution in [0.2, 0.25) is 0 Å². The molecule has 2 nitrogen and oxygen atoms in total. The van der Waals surface area contributed by atoms with Crippen LogP contribution in [0.25, 0.3) is 0 Å². The highest BCUT2D eigenvalue weighted by molar-refractivity contribution is 4.93. The standard InChI is InChI=1S/C26H48O2/c1-4-27-21-26(22(2)3)18-9-8-14-24(26)15-19-28-20-25(16-10-11-17-25)23-12-6-5-7-13-23/h22-24H,4-21H2,1-3H3. The van der Waals surface area contributed by atoms with Crippen LogP contribution in [0, 0.1) is 28.6 Å². The summed E-state index contributed by atoms with van der Waals surface area (Å²) in [4.78, 5) is 0. The molecule has 0 aromatic carbocycles. The molecule has 0 aromatic rings. The summed E-state index contributed by atoms with van der Waals surface area (Å²) in [5, 5.41) is 0. The van der Waals surface area contributed by atoms with E-state index in [4.69, 9.17) is 9.47 Å². The Labute approximate surface area is 175 Å². The van der Waals surface area contributed by atoms with Gasteiger partial charge in [-0.25, -0.2) is 0 Å². The summed E-state index contributed by atoms with van der Waals surface area (Å²) >= 11 is 0. The van der Waals surface area contributed by atoms with E-state index in [0.717, 1.165) is 38.3 Å². The Hall–Kier alpha value is -0.0800. The van der Waals surface area contributed by atoms with Gasteiger partial charge in [-0.1, -0.05) is 58.8 Å². The minimum absolute atomic E-state index is 0.381. The normalized spacial score (nSPS) is 31.5. The second-order valence-electron chi connectivity index (χ2n) is 10.7. The third kappa shape index (κ3) is 5.15. The predicted molar refractivity (Wildman–Crippen MR) is 119 cm³/mol. The zero-order chi connectivity index (χ0) is 19.9. The van der Waals surface area contributed by atoms with Crippen molar-refractivity contribution in [2.24, 2.45) is 28.6 Å². The first-order chi connectivity index (χ1) is 13.6. The van der Waals surface area contributed by atoms with Gasteiger partial charge >= 0.3 is 0 Å². The van der Waals surface area contributed by atoms with E-state index in [9.17, 15) is 0 Å². The summed E-state index contributed by atoms with van der Waals surface area (Å²) in [6.07, 6.45) is 19.8. The lowest BCUT2D eigenvalue weighted by Gasteiger charge is -2.47. The maximum absolute atomic E-state index is 6.51. The van der Waals surface area contributed by atoms with Crippen molar-refractivity contribution in [2.75, 3.05) is 26.4 Å². The van der Waals surface area contributed by atoms with Gasteiger partial charge in [-0.05, 0) is 80.5 Å². The Bertz CT molecular complexity index is 434. The van der Waals surface area contributed by atoms with Gasteiger partial charge in [-0.3, -0.25) is 0 Å². The number of hydrogen-bond donors (Lipinski definition) is 0. The zero-order valence-electron chi connectivity index (χ0n) is 19.3. The molecular formula is C26H48O2. The van der Waals surface area contributed by atoms with E-state index in [0.29, 0.717) is 16.7 Å². The van der Waals surface area contributed by atoms with Crippen LogP contribution in [-0.4, -0.2) is 26.4 Å². The smallest absolute Gasteiger partial charge is 0.0527 e. The average Bonchev–Trinajstić information content (AvgIpc) is 3.21. The molecular weight excluding hydrogens is 344 g/mol. The SMILES string of the molecule is CCOCC1(C(C)C)CCCCC1CCOCC1(C2CCCCC2)CCCC1. The van der Waals surface area contributed by atoms with E-state index in [2.05, 4.69) is 20.8 Å². The average molecular weight is 393 g/mol. The molecule has 0 aromatic heterocycles. The van der Waals surface area contributed by atoms with E-state index in [-0.39, 0.29) is 0 Å². The minimum Gasteiger partial charge on any atom is -0.381 e. The van der Waals surface area contributed by atoms with Crippen LogP contribution in [0.4, 0.5) is 0 Å². The van der Waals surface area contributed by atoms with Crippen molar-refractivity contribution < 1.29 is 9.47 Å². The Morgan fingerprint density at radius 2 is 1.46 bits per heavy atom. The monoisotopic (exact) mass is 392 g/mol. The first-order valence-electron chi connectivity index (χ1n) is 12.8. The molecule has 0 radical (unpaired) electrons. The van der Waals surface area contributed by atoms with Crippen LogP contribution in [-0.2, 0) is 9.47 Å². The molecule has 2 heteroatoms. The van der Waals surface area contributed by atoms with Crippen molar-refractivity contribution in [3.05, 3.63) is 0 Å². The Morgan fingerprint density at radius 1 is 0.786 bits per heavy atom. The van der Waals surface area contributed by atoms with Gasteiger partial charge < -0.3 is 9.47 Å². The van der Waals surface area contributed by atoms with Gasteiger partial charge in [0.1, 0.15) is 0 Å². The molecule has 3 saturated carbocycles. The zero-order valence-corrected chi connectivity index (χ0v) is 19.3. The molecule has 0 saturated heterocycles. The molecule has 0 heterocycles. The van der Waals surface area contributed by atoms with Gasteiger partial charge in [0.2, 0.25) is 0 Å². The number of ether oxygens (including phenoxy) is 2. The highest BCUT2D eigenvalue weighted by Crippen LogP contribution is 2.51. The van der Waals surface area contributed by atoms with Crippen LogP contribution in [0.3, 0.4) is 0 Å². The van der Waals surface area contributed by atoms with Crippen molar-refractivity contribution >= 4 is 0 Å². The highest BCUT2D eigenvalue weighted by Gasteiger charge is 2.44. The van der Waals surface area contributed by atoms with Gasteiger partial charge in [0.05, 0.1) is 13.2 Å². The van der Waals surface area contributed by atoms with Gasteiger partial charge in [0.15, 0.2) is 0 Å². The third-order valence-corrected chi connectivity index (χ3v) is 9.05. The summed E-state index contributed by atoms with van der Waals surface area (Å²) in [6.45, 7) is 10.8. The van der Waals surface area contributed by atoms with Crippen LogP contribution in [0.15, 0.2) is 0 Å². The van der Waals surface area contributed by atoms with Crippen molar-refractivity contribution in [1.29, 1.82) is 0 Å². The lowest BCUT2D eigenvalue weighted by molar-refractivity contribution is -0.0649. The molecule has 0 aliphatic heterocycles. The molecule has 2 atom stereocenters. The number of rotatable bonds is 10. The Morgan fingerprint density at radius 3 is 2.14 bits per heavy atom. The molecule has 0 amide bonds. The van der Waals surface area contributed by atoms with Crippen LogP contribution < -0.4 is 0 Å². The lowest BCUT2D eigenvalue weighted by Crippen LogP contribution is -2.43. The Kier molecular flexibility index (Phi) is 8.72. The molecule has 164 valence electrons. The van der Waals surface area contributed by atoms with Gasteiger partial charge in [-0.15, -0.1) is 0 Å². The number of hydrogen-bond acceptors (Lipinski definition) is 2. The lowest BCUT2D eigenvalue weighted by atomic mass is 9.60. The molecule has 28 heavy (non-hydrogen) atoms. The van der Waals surface area contributed by atoms with E-state index >= 15 is 0 Å². The first kappa shape index (κ1) is 22.6. The fourth-order valence-corrected chi connectivity index (χ4v) is 7.14. The quantitative estimate of drug-likeness (QED) is 0.360. The van der Waals surface area contributed by atoms with Crippen LogP contribution in [0.1, 0.15) is 111 Å². The van der Waals surface area contributed by atoms with Crippen molar-refractivity contribution in [3.63, 3.8) is 0 Å². The van der Waals surface area contributed by atoms with Crippen molar-refractivity contribution in [3.8, 4) is 0 Å². The Balaban J connectivity index is 1.53. The maximum Gasteiger partial charge on any atom is 0.0527 e. The van der Waals surface area contributed by atoms with Crippen molar-refractivity contribution in [2.45, 2.75) is 111 Å². The third-order valence-electron chi connectivity index (χ3n) is 9.05. The molecule has 0 N–H and O–H groups in total. The minimum atomic E-state index is 0.381. The highest BCUT2D eigenvalue weighted by atomic mass is 16.5. The van der Waals surface area contributed by atoms with Gasteiger partial charge in [0.25, 0.3) is 0 Å². The van der Waals surface area contributed by atoms with E-state index in [1.807, 2.05) is 0 Å². The maximum atomic E-state index is 6.51. The fourth-order valence-electron chi connectivity index (χ4n) is 7.14. The topological polar surface area (TPSA) is 18.5 Å². The van der Waals surface area contributed by atoms with Crippen molar-refractivity contribution in [1.82, 2.24) is 0 Å². The van der Waals surface area contributed by atoms with Crippen LogP contribution in [0.5, 0.6) is 0 Å². The summed E-state index contributed by atoms with van der Waals surface area (Å²) in [5.74, 6) is 2.43. The molecule has 3 aliphatic carbocycles. The van der Waals surface area contributed by atoms with E-state index in [1.54, 1.807) is 0 Å². The molecule has 3 aliphatic rings.